The predicted molar refractivity (Wildman–Crippen MR) is 122 cm³/mol. The first kappa shape index (κ1) is 24.9. The highest BCUT2D eigenvalue weighted by Crippen LogP contribution is 2.35. The molecule has 3 N–H and O–H groups in total. The van der Waals surface area contributed by atoms with Gasteiger partial charge in [-0.2, -0.15) is 5.10 Å². The van der Waals surface area contributed by atoms with E-state index in [-0.39, 0.29) is 18.3 Å². The van der Waals surface area contributed by atoms with Crippen molar-refractivity contribution in [1.29, 1.82) is 0 Å². The zero-order valence-electron chi connectivity index (χ0n) is 19.3. The first-order chi connectivity index (χ1) is 16.4. The van der Waals surface area contributed by atoms with Gasteiger partial charge in [-0.15, -0.1) is 13.2 Å². The van der Waals surface area contributed by atoms with Crippen LogP contribution < -0.4 is 10.1 Å². The Morgan fingerprint density at radius 3 is 2.54 bits per heavy atom. The fourth-order valence-corrected chi connectivity index (χ4v) is 4.38. The summed E-state index contributed by atoms with van der Waals surface area (Å²) in [6, 6.07) is 7.06. The van der Waals surface area contributed by atoms with Crippen molar-refractivity contribution in [3.8, 4) is 5.88 Å². The van der Waals surface area contributed by atoms with E-state index < -0.39 is 23.8 Å². The van der Waals surface area contributed by atoms with E-state index in [1.807, 2.05) is 10.9 Å². The minimum absolute atomic E-state index is 0.186. The number of carbonyl (C=O) groups is 1. The molecule has 35 heavy (non-hydrogen) atoms. The summed E-state index contributed by atoms with van der Waals surface area (Å²) in [7, 11) is 0. The fourth-order valence-electron chi connectivity index (χ4n) is 4.38. The number of nitrogens with zero attached hydrogens (tertiary/aromatic N) is 3. The summed E-state index contributed by atoms with van der Waals surface area (Å²) in [4.78, 5) is 16.5. The largest absolute Gasteiger partial charge is 0.574 e. The van der Waals surface area contributed by atoms with Gasteiger partial charge in [-0.25, -0.2) is 4.98 Å². The van der Waals surface area contributed by atoms with Crippen LogP contribution in [0.5, 0.6) is 5.88 Å². The maximum Gasteiger partial charge on any atom is 0.574 e. The highest BCUT2D eigenvalue weighted by molar-refractivity contribution is 6.04. The lowest BCUT2D eigenvalue weighted by Gasteiger charge is -2.27. The quantitative estimate of drug-likeness (QED) is 0.466. The first-order valence-electron chi connectivity index (χ1n) is 11.3. The molecule has 188 valence electrons. The van der Waals surface area contributed by atoms with E-state index >= 15 is 0 Å². The number of hydrogen-bond donors (Lipinski definition) is 3. The lowest BCUT2D eigenvalue weighted by atomic mass is 9.87. The minimum atomic E-state index is -4.93. The molecular formula is C24H27F3N4O4. The number of rotatable bonds is 6. The SMILES string of the molecule is CC(C)(O)c1cc2nn(C3CCC(CO)CC3)cc2cc1NC(=O)c1cccc(OC(F)(F)F)n1. The van der Waals surface area contributed by atoms with Crippen LogP contribution in [0.1, 0.15) is 61.6 Å². The third-order valence-electron chi connectivity index (χ3n) is 6.19. The summed E-state index contributed by atoms with van der Waals surface area (Å²) >= 11 is 0. The maximum absolute atomic E-state index is 12.8. The van der Waals surface area contributed by atoms with Crippen molar-refractivity contribution < 1.29 is 32.9 Å². The monoisotopic (exact) mass is 492 g/mol. The van der Waals surface area contributed by atoms with E-state index in [4.69, 9.17) is 0 Å². The number of carbonyl (C=O) groups excluding carboxylic acids is 1. The molecule has 0 spiro atoms. The zero-order chi connectivity index (χ0) is 25.4. The maximum atomic E-state index is 12.8. The molecule has 1 aromatic carbocycles. The Hall–Kier alpha value is -3.18. The predicted octanol–water partition coefficient (Wildman–Crippen LogP) is 4.53. The van der Waals surface area contributed by atoms with E-state index in [9.17, 15) is 28.2 Å². The van der Waals surface area contributed by atoms with Crippen molar-refractivity contribution in [2.45, 2.75) is 57.5 Å². The Kier molecular flexibility index (Phi) is 6.74. The molecular weight excluding hydrogens is 465 g/mol. The number of hydrogen-bond acceptors (Lipinski definition) is 6. The Balaban J connectivity index is 1.62. The van der Waals surface area contributed by atoms with Crippen LogP contribution in [0.25, 0.3) is 10.9 Å². The van der Waals surface area contributed by atoms with Gasteiger partial charge in [0.1, 0.15) is 5.69 Å². The Morgan fingerprint density at radius 1 is 1.20 bits per heavy atom. The topological polar surface area (TPSA) is 110 Å². The Bertz CT molecular complexity index is 1210. The minimum Gasteiger partial charge on any atom is -0.396 e. The van der Waals surface area contributed by atoms with E-state index in [0.29, 0.717) is 22.7 Å². The summed E-state index contributed by atoms with van der Waals surface area (Å²) in [5, 5.41) is 28.2. The number of ether oxygens (including phenoxy) is 1. The van der Waals surface area contributed by atoms with Crippen molar-refractivity contribution in [3.63, 3.8) is 0 Å². The van der Waals surface area contributed by atoms with Crippen LogP contribution >= 0.6 is 0 Å². The molecule has 1 saturated carbocycles. The van der Waals surface area contributed by atoms with Gasteiger partial charge in [0, 0.05) is 35.5 Å². The van der Waals surface area contributed by atoms with Crippen LogP contribution in [0.15, 0.2) is 36.5 Å². The number of benzene rings is 1. The van der Waals surface area contributed by atoms with Gasteiger partial charge in [-0.3, -0.25) is 9.48 Å². The summed E-state index contributed by atoms with van der Waals surface area (Å²) < 4.78 is 43.2. The normalized spacial score (nSPS) is 19.1. The van der Waals surface area contributed by atoms with Gasteiger partial charge in [-0.05, 0) is 63.6 Å². The number of aliphatic hydroxyl groups is 2. The molecule has 0 unspecified atom stereocenters. The van der Waals surface area contributed by atoms with Crippen LogP contribution in [0, 0.1) is 5.92 Å². The molecule has 1 aliphatic carbocycles. The van der Waals surface area contributed by atoms with Gasteiger partial charge < -0.3 is 20.3 Å². The second-order valence-corrected chi connectivity index (χ2v) is 9.34. The molecule has 0 radical (unpaired) electrons. The van der Waals surface area contributed by atoms with Gasteiger partial charge in [0.15, 0.2) is 0 Å². The lowest BCUT2D eigenvalue weighted by Crippen LogP contribution is -2.22. The number of anilines is 1. The van der Waals surface area contributed by atoms with E-state index in [0.717, 1.165) is 37.1 Å². The van der Waals surface area contributed by atoms with Crippen molar-refractivity contribution in [2.75, 3.05) is 11.9 Å². The third kappa shape index (κ3) is 5.91. The van der Waals surface area contributed by atoms with E-state index in [1.165, 1.54) is 12.1 Å². The summed E-state index contributed by atoms with van der Waals surface area (Å²) in [6.45, 7) is 3.31. The number of alkyl halides is 3. The molecule has 4 rings (SSSR count). The Morgan fingerprint density at radius 2 is 1.91 bits per heavy atom. The number of nitrogens with one attached hydrogen (secondary N) is 1. The number of halogens is 3. The Labute approximate surface area is 199 Å². The molecule has 11 heteroatoms. The number of aliphatic hydroxyl groups excluding tert-OH is 1. The van der Waals surface area contributed by atoms with Crippen LogP contribution in [0.4, 0.5) is 18.9 Å². The van der Waals surface area contributed by atoms with E-state index in [2.05, 4.69) is 20.1 Å². The molecule has 0 bridgehead atoms. The summed E-state index contributed by atoms with van der Waals surface area (Å²) in [6.07, 6.45) is 0.555. The molecule has 1 aliphatic rings. The third-order valence-corrected chi connectivity index (χ3v) is 6.19. The van der Waals surface area contributed by atoms with Crippen molar-refractivity contribution >= 4 is 22.5 Å². The lowest BCUT2D eigenvalue weighted by molar-refractivity contribution is -0.276. The average Bonchev–Trinajstić information content (AvgIpc) is 3.20. The van der Waals surface area contributed by atoms with Crippen LogP contribution in [0.2, 0.25) is 0 Å². The van der Waals surface area contributed by atoms with Gasteiger partial charge in [0.05, 0.1) is 17.2 Å². The summed E-state index contributed by atoms with van der Waals surface area (Å²) in [5.74, 6) is -1.19. The van der Waals surface area contributed by atoms with Crippen molar-refractivity contribution in [1.82, 2.24) is 14.8 Å². The molecule has 0 atom stereocenters. The molecule has 0 aliphatic heterocycles. The van der Waals surface area contributed by atoms with E-state index in [1.54, 1.807) is 26.0 Å². The van der Waals surface area contributed by atoms with Gasteiger partial charge in [0.25, 0.3) is 5.91 Å². The smallest absolute Gasteiger partial charge is 0.396 e. The number of pyridine rings is 1. The molecule has 8 nitrogen and oxygen atoms in total. The average molecular weight is 492 g/mol. The highest BCUT2D eigenvalue weighted by Gasteiger charge is 2.32. The van der Waals surface area contributed by atoms with Crippen LogP contribution in [-0.4, -0.2) is 43.9 Å². The second-order valence-electron chi connectivity index (χ2n) is 9.34. The second kappa shape index (κ2) is 9.46. The molecule has 3 aromatic rings. The van der Waals surface area contributed by atoms with Gasteiger partial charge in [0.2, 0.25) is 5.88 Å². The van der Waals surface area contributed by atoms with Crippen molar-refractivity contribution in [2.24, 2.45) is 5.92 Å². The van der Waals surface area contributed by atoms with Crippen LogP contribution in [0.3, 0.4) is 0 Å². The fraction of sp³-hybridized carbons (Fsp3) is 0.458. The zero-order valence-corrected chi connectivity index (χ0v) is 19.3. The molecule has 2 aromatic heterocycles. The standard InChI is InChI=1S/C24H27F3N4O4/c1-23(2,34)17-11-19-15(12-31(30-19)16-8-6-14(13-32)7-9-16)10-20(17)29-22(33)18-4-3-5-21(28-18)35-24(25,26)27/h3-5,10-12,14,16,32,34H,6-9,13H2,1-2H3,(H,29,33). The highest BCUT2D eigenvalue weighted by atomic mass is 19.4. The first-order valence-corrected chi connectivity index (χ1v) is 11.3. The molecule has 2 heterocycles. The van der Waals surface area contributed by atoms with Crippen LogP contribution in [-0.2, 0) is 5.60 Å². The molecule has 1 fully saturated rings. The van der Waals surface area contributed by atoms with Gasteiger partial charge >= 0.3 is 6.36 Å². The molecule has 1 amide bonds. The number of amides is 1. The summed E-state index contributed by atoms with van der Waals surface area (Å²) in [5.41, 5.74) is -0.278. The van der Waals surface area contributed by atoms with Gasteiger partial charge in [-0.1, -0.05) is 6.07 Å². The van der Waals surface area contributed by atoms with Crippen molar-refractivity contribution in [3.05, 3.63) is 47.8 Å². The number of aromatic nitrogens is 3. The molecule has 0 saturated heterocycles. The number of fused-ring (bicyclic) bond motifs is 1.